The van der Waals surface area contributed by atoms with Gasteiger partial charge >= 0.3 is 0 Å². The van der Waals surface area contributed by atoms with Gasteiger partial charge in [0.05, 0.1) is 21.7 Å². The van der Waals surface area contributed by atoms with Crippen molar-refractivity contribution in [2.75, 3.05) is 17.6 Å². The Morgan fingerprint density at radius 1 is 1.56 bits per heavy atom. The van der Waals surface area contributed by atoms with E-state index in [0.717, 1.165) is 18.5 Å². The molecule has 16 heavy (non-hydrogen) atoms. The van der Waals surface area contributed by atoms with Crippen LogP contribution >= 0.6 is 11.6 Å². The number of anilines is 1. The van der Waals surface area contributed by atoms with E-state index in [2.05, 4.69) is 10.3 Å². The van der Waals surface area contributed by atoms with Crippen LogP contribution in [0.3, 0.4) is 0 Å². The molecule has 1 aliphatic heterocycles. The number of halogens is 1. The van der Waals surface area contributed by atoms with Crippen molar-refractivity contribution < 1.29 is 8.42 Å². The Morgan fingerprint density at radius 3 is 3.00 bits per heavy atom. The number of hydrogen-bond donors (Lipinski definition) is 1. The van der Waals surface area contributed by atoms with Crippen molar-refractivity contribution in [1.29, 1.82) is 0 Å². The van der Waals surface area contributed by atoms with Crippen molar-refractivity contribution in [1.82, 2.24) is 4.98 Å². The molecule has 1 atom stereocenters. The zero-order valence-corrected chi connectivity index (χ0v) is 10.3. The minimum Gasteiger partial charge on any atom is -0.382 e. The van der Waals surface area contributed by atoms with Crippen molar-refractivity contribution in [3.8, 4) is 0 Å². The minimum absolute atomic E-state index is 0.281. The van der Waals surface area contributed by atoms with E-state index in [1.807, 2.05) is 0 Å². The van der Waals surface area contributed by atoms with Crippen LogP contribution in [0.2, 0.25) is 5.02 Å². The van der Waals surface area contributed by atoms with E-state index < -0.39 is 9.84 Å². The number of pyridine rings is 1. The Hall–Kier alpha value is -0.810. The molecule has 0 spiro atoms. The molecule has 1 unspecified atom stereocenters. The van der Waals surface area contributed by atoms with Gasteiger partial charge in [0.2, 0.25) is 0 Å². The third kappa shape index (κ3) is 2.47. The van der Waals surface area contributed by atoms with E-state index in [4.69, 9.17) is 11.6 Å². The molecule has 1 saturated heterocycles. The summed E-state index contributed by atoms with van der Waals surface area (Å²) in [7, 11) is -2.89. The fourth-order valence-corrected chi connectivity index (χ4v) is 3.78. The molecule has 0 radical (unpaired) electrons. The van der Waals surface area contributed by atoms with Crippen LogP contribution in [0.4, 0.5) is 5.69 Å². The third-order valence-corrected chi connectivity index (χ3v) is 5.33. The van der Waals surface area contributed by atoms with Gasteiger partial charge in [-0.3, -0.25) is 4.98 Å². The molecule has 1 aliphatic rings. The molecule has 1 N–H and O–H groups in total. The summed E-state index contributed by atoms with van der Waals surface area (Å²) >= 11 is 5.91. The smallest absolute Gasteiger partial charge is 0.154 e. The van der Waals surface area contributed by atoms with Crippen molar-refractivity contribution >= 4 is 27.1 Å². The van der Waals surface area contributed by atoms with Crippen LogP contribution in [0, 0.1) is 0 Å². The summed E-state index contributed by atoms with van der Waals surface area (Å²) in [4.78, 5) is 3.86. The van der Waals surface area contributed by atoms with Crippen molar-refractivity contribution in [3.63, 3.8) is 0 Å². The topological polar surface area (TPSA) is 59.1 Å². The Kier molecular flexibility index (Phi) is 3.35. The highest BCUT2D eigenvalue weighted by molar-refractivity contribution is 7.92. The molecule has 1 aromatic rings. The summed E-state index contributed by atoms with van der Waals surface area (Å²) in [6, 6.07) is 1.74. The lowest BCUT2D eigenvalue weighted by Gasteiger charge is -2.12. The monoisotopic (exact) mass is 260 g/mol. The summed E-state index contributed by atoms with van der Waals surface area (Å²) in [5.41, 5.74) is 0.735. The summed E-state index contributed by atoms with van der Waals surface area (Å²) < 4.78 is 23.2. The molecule has 2 heterocycles. The normalized spacial score (nSPS) is 23.2. The van der Waals surface area contributed by atoms with Gasteiger partial charge in [-0.05, 0) is 18.9 Å². The zero-order valence-electron chi connectivity index (χ0n) is 8.69. The average molecular weight is 261 g/mol. The predicted molar refractivity (Wildman–Crippen MR) is 64.5 cm³/mol. The maximum absolute atomic E-state index is 11.6. The average Bonchev–Trinajstić information content (AvgIpc) is 2.57. The second-order valence-electron chi connectivity index (χ2n) is 3.87. The van der Waals surface area contributed by atoms with Gasteiger partial charge in [-0.1, -0.05) is 11.6 Å². The first-order valence-electron chi connectivity index (χ1n) is 5.14. The molecule has 6 heteroatoms. The van der Waals surface area contributed by atoms with Gasteiger partial charge in [-0.2, -0.15) is 0 Å². The molecular formula is C10H13ClN2O2S. The Balaban J connectivity index is 2.01. The Labute approximate surface area is 99.9 Å². The molecule has 1 aromatic heterocycles. The van der Waals surface area contributed by atoms with Gasteiger partial charge in [0, 0.05) is 18.9 Å². The van der Waals surface area contributed by atoms with E-state index in [1.165, 1.54) is 6.20 Å². The summed E-state index contributed by atoms with van der Waals surface area (Å²) in [5.74, 6) is 0.309. The van der Waals surface area contributed by atoms with Crippen molar-refractivity contribution in [2.45, 2.75) is 18.1 Å². The number of hydrogen-bond acceptors (Lipinski definition) is 4. The summed E-state index contributed by atoms with van der Waals surface area (Å²) in [6.07, 6.45) is 4.65. The highest BCUT2D eigenvalue weighted by atomic mass is 35.5. The van der Waals surface area contributed by atoms with Gasteiger partial charge in [-0.25, -0.2) is 8.42 Å². The van der Waals surface area contributed by atoms with Crippen LogP contribution < -0.4 is 5.32 Å². The van der Waals surface area contributed by atoms with E-state index in [1.54, 1.807) is 12.3 Å². The lowest BCUT2D eigenvalue weighted by molar-refractivity contribution is 0.591. The maximum atomic E-state index is 11.6. The fraction of sp³-hybridized carbons (Fsp3) is 0.500. The van der Waals surface area contributed by atoms with Crippen molar-refractivity contribution in [2.24, 2.45) is 0 Å². The Morgan fingerprint density at radius 2 is 2.38 bits per heavy atom. The number of sulfone groups is 1. The highest BCUT2D eigenvalue weighted by Crippen LogP contribution is 2.23. The minimum atomic E-state index is -2.89. The summed E-state index contributed by atoms with van der Waals surface area (Å²) in [6.45, 7) is 0.423. The molecule has 0 aromatic carbocycles. The van der Waals surface area contributed by atoms with Crippen LogP contribution in [0.5, 0.6) is 0 Å². The van der Waals surface area contributed by atoms with Gasteiger partial charge in [0.15, 0.2) is 9.84 Å². The standard InChI is InChI=1S/C10H13ClN2O2S/c11-9-7-12-4-3-10(9)13-6-8-2-1-5-16(8,14)15/h3-4,7-8H,1-2,5-6H2,(H,12,13). The second kappa shape index (κ2) is 4.59. The van der Waals surface area contributed by atoms with Crippen molar-refractivity contribution in [3.05, 3.63) is 23.5 Å². The molecule has 0 amide bonds. The Bertz CT molecular complexity index is 475. The first kappa shape index (κ1) is 11.7. The van der Waals surface area contributed by atoms with Crippen LogP contribution in [0.1, 0.15) is 12.8 Å². The lowest BCUT2D eigenvalue weighted by atomic mass is 10.2. The van der Waals surface area contributed by atoms with E-state index >= 15 is 0 Å². The molecule has 0 bridgehead atoms. The second-order valence-corrected chi connectivity index (χ2v) is 6.68. The first-order chi connectivity index (χ1) is 7.59. The van der Waals surface area contributed by atoms with E-state index in [-0.39, 0.29) is 5.25 Å². The molecule has 0 aliphatic carbocycles. The molecule has 88 valence electrons. The van der Waals surface area contributed by atoms with Crippen LogP contribution in [0.15, 0.2) is 18.5 Å². The summed E-state index contributed by atoms with van der Waals surface area (Å²) in [5, 5.41) is 3.29. The molecule has 2 rings (SSSR count). The van der Waals surface area contributed by atoms with Crippen LogP contribution in [-0.2, 0) is 9.84 Å². The quantitative estimate of drug-likeness (QED) is 0.899. The molecule has 0 saturated carbocycles. The van der Waals surface area contributed by atoms with Crippen LogP contribution in [-0.4, -0.2) is 30.9 Å². The van der Waals surface area contributed by atoms with Gasteiger partial charge in [-0.15, -0.1) is 0 Å². The maximum Gasteiger partial charge on any atom is 0.154 e. The van der Waals surface area contributed by atoms with Gasteiger partial charge < -0.3 is 5.32 Å². The fourth-order valence-electron chi connectivity index (χ4n) is 1.83. The molecule has 1 fully saturated rings. The zero-order chi connectivity index (χ0) is 11.6. The number of aromatic nitrogens is 1. The molecular weight excluding hydrogens is 248 g/mol. The highest BCUT2D eigenvalue weighted by Gasteiger charge is 2.30. The largest absolute Gasteiger partial charge is 0.382 e. The van der Waals surface area contributed by atoms with Gasteiger partial charge in [0.25, 0.3) is 0 Å². The number of rotatable bonds is 3. The SMILES string of the molecule is O=S1(=O)CCCC1CNc1ccncc1Cl. The third-order valence-electron chi connectivity index (χ3n) is 2.76. The molecule has 4 nitrogen and oxygen atoms in total. The number of nitrogens with zero attached hydrogens (tertiary/aromatic N) is 1. The van der Waals surface area contributed by atoms with Crippen LogP contribution in [0.25, 0.3) is 0 Å². The van der Waals surface area contributed by atoms with E-state index in [9.17, 15) is 8.42 Å². The van der Waals surface area contributed by atoms with E-state index in [0.29, 0.717) is 17.3 Å². The predicted octanol–water partition coefficient (Wildman–Crippen LogP) is 1.72. The first-order valence-corrected chi connectivity index (χ1v) is 7.24. The lowest BCUT2D eigenvalue weighted by Crippen LogP contribution is -2.25. The number of nitrogens with one attached hydrogen (secondary N) is 1. The van der Waals surface area contributed by atoms with Gasteiger partial charge in [0.1, 0.15) is 0 Å².